The van der Waals surface area contributed by atoms with Crippen molar-refractivity contribution in [3.05, 3.63) is 48.3 Å². The molecule has 0 radical (unpaired) electrons. The van der Waals surface area contributed by atoms with Crippen molar-refractivity contribution in [2.75, 3.05) is 25.1 Å². The molecule has 3 rings (SSSR count). The van der Waals surface area contributed by atoms with Crippen LogP contribution in [0.25, 0.3) is 0 Å². The van der Waals surface area contributed by atoms with E-state index in [1.807, 2.05) is 6.07 Å². The summed E-state index contributed by atoms with van der Waals surface area (Å²) in [4.78, 5) is 2.19. The summed E-state index contributed by atoms with van der Waals surface area (Å²) in [7, 11) is 1.60. The Morgan fingerprint density at radius 1 is 0.952 bits per heavy atom. The Balaban J connectivity index is 1.75. The van der Waals surface area contributed by atoms with E-state index >= 15 is 0 Å². The number of anilines is 1. The van der Waals surface area contributed by atoms with Gasteiger partial charge in [-0.1, -0.05) is 0 Å². The van der Waals surface area contributed by atoms with Gasteiger partial charge in [0.05, 0.1) is 7.11 Å². The molecule has 1 heterocycles. The number of methoxy groups -OCH3 is 1. The zero-order valence-corrected chi connectivity index (χ0v) is 12.0. The topological polar surface area (TPSA) is 21.7 Å². The first-order valence-corrected chi connectivity index (χ1v) is 7.13. The first-order chi connectivity index (χ1) is 10.3. The minimum atomic E-state index is -0.338. The van der Waals surface area contributed by atoms with E-state index in [0.717, 1.165) is 24.5 Å². The summed E-state index contributed by atoms with van der Waals surface area (Å²) in [6.45, 7) is 2.00. The Kier molecular flexibility index (Phi) is 3.95. The van der Waals surface area contributed by atoms with Gasteiger partial charge in [0.25, 0.3) is 0 Å². The van der Waals surface area contributed by atoms with E-state index in [-0.39, 0.29) is 11.6 Å². The van der Waals surface area contributed by atoms with Gasteiger partial charge in [0.15, 0.2) is 11.6 Å². The Hall–Kier alpha value is -2.23. The fourth-order valence-electron chi connectivity index (χ4n) is 2.52. The number of benzene rings is 2. The van der Waals surface area contributed by atoms with Gasteiger partial charge in [-0.25, -0.2) is 4.39 Å². The number of nitrogens with zero attached hydrogens (tertiary/aromatic N) is 1. The standard InChI is InChI=1S/C17H18FNO2/c1-20-14-5-7-15(8-6-14)21-17-9-4-13(12-16(17)18)19-10-2-3-11-19/h4-9,12H,2-3,10-11H2,1H3. The van der Waals surface area contributed by atoms with Gasteiger partial charge in [0.2, 0.25) is 0 Å². The summed E-state index contributed by atoms with van der Waals surface area (Å²) in [5.41, 5.74) is 0.923. The van der Waals surface area contributed by atoms with E-state index in [1.165, 1.54) is 12.8 Å². The van der Waals surface area contributed by atoms with Gasteiger partial charge < -0.3 is 14.4 Å². The van der Waals surface area contributed by atoms with Crippen molar-refractivity contribution >= 4 is 5.69 Å². The molecule has 3 nitrogen and oxygen atoms in total. The minimum Gasteiger partial charge on any atom is -0.497 e. The molecule has 1 aliphatic rings. The van der Waals surface area contributed by atoms with Crippen LogP contribution in [0.1, 0.15) is 12.8 Å². The number of hydrogen-bond acceptors (Lipinski definition) is 3. The van der Waals surface area contributed by atoms with Crippen LogP contribution in [-0.2, 0) is 0 Å². The monoisotopic (exact) mass is 287 g/mol. The summed E-state index contributed by atoms with van der Waals surface area (Å²) >= 11 is 0. The summed E-state index contributed by atoms with van der Waals surface area (Å²) in [5.74, 6) is 1.23. The summed E-state index contributed by atoms with van der Waals surface area (Å²) in [5, 5.41) is 0. The molecule has 0 amide bonds. The van der Waals surface area contributed by atoms with E-state index in [1.54, 1.807) is 43.5 Å². The lowest BCUT2D eigenvalue weighted by Crippen LogP contribution is -2.17. The van der Waals surface area contributed by atoms with E-state index in [9.17, 15) is 4.39 Å². The van der Waals surface area contributed by atoms with Crippen LogP contribution in [0.2, 0.25) is 0 Å². The molecule has 0 saturated carbocycles. The van der Waals surface area contributed by atoms with Crippen molar-refractivity contribution in [2.24, 2.45) is 0 Å². The molecular weight excluding hydrogens is 269 g/mol. The molecule has 2 aromatic carbocycles. The summed E-state index contributed by atoms with van der Waals surface area (Å²) in [6.07, 6.45) is 2.34. The highest BCUT2D eigenvalue weighted by molar-refractivity contribution is 5.51. The molecule has 4 heteroatoms. The molecule has 110 valence electrons. The highest BCUT2D eigenvalue weighted by Crippen LogP contribution is 2.30. The third kappa shape index (κ3) is 3.10. The number of rotatable bonds is 4. The Morgan fingerprint density at radius 3 is 2.24 bits per heavy atom. The highest BCUT2D eigenvalue weighted by atomic mass is 19.1. The van der Waals surface area contributed by atoms with Crippen molar-refractivity contribution in [1.82, 2.24) is 0 Å². The Bertz CT molecular complexity index is 607. The lowest BCUT2D eigenvalue weighted by Gasteiger charge is -2.18. The Labute approximate surface area is 123 Å². The van der Waals surface area contributed by atoms with Crippen molar-refractivity contribution in [3.63, 3.8) is 0 Å². The predicted molar refractivity (Wildman–Crippen MR) is 80.9 cm³/mol. The summed E-state index contributed by atoms with van der Waals surface area (Å²) in [6, 6.07) is 12.2. The molecule has 0 spiro atoms. The fourth-order valence-corrected chi connectivity index (χ4v) is 2.52. The van der Waals surface area contributed by atoms with Crippen LogP contribution in [0.5, 0.6) is 17.2 Å². The van der Waals surface area contributed by atoms with Crippen molar-refractivity contribution in [2.45, 2.75) is 12.8 Å². The van der Waals surface area contributed by atoms with Crippen LogP contribution in [0, 0.1) is 5.82 Å². The number of halogens is 1. The van der Waals surface area contributed by atoms with Crippen LogP contribution < -0.4 is 14.4 Å². The molecule has 0 unspecified atom stereocenters. The molecule has 0 N–H and O–H groups in total. The minimum absolute atomic E-state index is 0.239. The maximum atomic E-state index is 14.2. The maximum Gasteiger partial charge on any atom is 0.167 e. The van der Waals surface area contributed by atoms with E-state index < -0.39 is 0 Å². The predicted octanol–water partition coefficient (Wildman–Crippen LogP) is 4.23. The SMILES string of the molecule is COc1ccc(Oc2ccc(N3CCCC3)cc2F)cc1. The highest BCUT2D eigenvalue weighted by Gasteiger charge is 2.14. The first kappa shape index (κ1) is 13.7. The lowest BCUT2D eigenvalue weighted by molar-refractivity contribution is 0.411. The fraction of sp³-hybridized carbons (Fsp3) is 0.294. The maximum absolute atomic E-state index is 14.2. The molecule has 2 aromatic rings. The largest absolute Gasteiger partial charge is 0.497 e. The van der Waals surface area contributed by atoms with Gasteiger partial charge >= 0.3 is 0 Å². The van der Waals surface area contributed by atoms with Crippen molar-refractivity contribution in [3.8, 4) is 17.2 Å². The average molecular weight is 287 g/mol. The Morgan fingerprint density at radius 2 is 1.62 bits per heavy atom. The van der Waals surface area contributed by atoms with Crippen LogP contribution in [-0.4, -0.2) is 20.2 Å². The third-order valence-electron chi connectivity index (χ3n) is 3.67. The summed E-state index contributed by atoms with van der Waals surface area (Å²) < 4.78 is 24.8. The second-order valence-corrected chi connectivity index (χ2v) is 5.09. The van der Waals surface area contributed by atoms with Crippen LogP contribution in [0.4, 0.5) is 10.1 Å². The van der Waals surface area contributed by atoms with Gasteiger partial charge in [0.1, 0.15) is 11.5 Å². The van der Waals surface area contributed by atoms with Gasteiger partial charge in [0, 0.05) is 24.8 Å². The zero-order valence-electron chi connectivity index (χ0n) is 12.0. The quantitative estimate of drug-likeness (QED) is 0.840. The molecule has 0 aromatic heterocycles. The molecule has 1 fully saturated rings. The normalized spacial score (nSPS) is 14.3. The van der Waals surface area contributed by atoms with E-state index in [0.29, 0.717) is 5.75 Å². The molecular formula is C17H18FNO2. The van der Waals surface area contributed by atoms with E-state index in [4.69, 9.17) is 9.47 Å². The second-order valence-electron chi connectivity index (χ2n) is 5.09. The second kappa shape index (κ2) is 6.04. The van der Waals surface area contributed by atoms with E-state index in [2.05, 4.69) is 4.90 Å². The zero-order chi connectivity index (χ0) is 14.7. The van der Waals surface area contributed by atoms with Crippen molar-refractivity contribution in [1.29, 1.82) is 0 Å². The van der Waals surface area contributed by atoms with Gasteiger partial charge in [-0.15, -0.1) is 0 Å². The smallest absolute Gasteiger partial charge is 0.167 e. The number of ether oxygens (including phenoxy) is 2. The molecule has 1 saturated heterocycles. The van der Waals surface area contributed by atoms with Crippen LogP contribution in [0.3, 0.4) is 0 Å². The number of hydrogen-bond donors (Lipinski definition) is 0. The lowest BCUT2D eigenvalue weighted by atomic mass is 10.2. The van der Waals surface area contributed by atoms with Crippen LogP contribution >= 0.6 is 0 Å². The molecule has 0 aliphatic carbocycles. The van der Waals surface area contributed by atoms with Crippen molar-refractivity contribution < 1.29 is 13.9 Å². The van der Waals surface area contributed by atoms with Gasteiger partial charge in [-0.05, 0) is 49.2 Å². The van der Waals surface area contributed by atoms with Gasteiger partial charge in [-0.2, -0.15) is 0 Å². The molecule has 0 bridgehead atoms. The van der Waals surface area contributed by atoms with Gasteiger partial charge in [-0.3, -0.25) is 0 Å². The van der Waals surface area contributed by atoms with Crippen LogP contribution in [0.15, 0.2) is 42.5 Å². The molecule has 21 heavy (non-hydrogen) atoms. The third-order valence-corrected chi connectivity index (χ3v) is 3.67. The average Bonchev–Trinajstić information content (AvgIpc) is 3.04. The molecule has 1 aliphatic heterocycles. The molecule has 0 atom stereocenters. The first-order valence-electron chi connectivity index (χ1n) is 7.13.